The predicted octanol–water partition coefficient (Wildman–Crippen LogP) is 9.33. The Morgan fingerprint density at radius 1 is 0.559 bits per heavy atom. The quantitative estimate of drug-likeness (QED) is 0.0960. The van der Waals surface area contributed by atoms with Crippen molar-refractivity contribution in [1.29, 1.82) is 0 Å². The Bertz CT molecular complexity index is 461. The fourth-order valence-electron chi connectivity index (χ4n) is 4.26. The second-order valence-corrected chi connectivity index (χ2v) is 10.6. The van der Waals surface area contributed by atoms with Crippen molar-refractivity contribution in [3.8, 4) is 0 Å². The molecule has 0 aliphatic rings. The lowest BCUT2D eigenvalue weighted by atomic mass is 10.0. The molecule has 0 spiro atoms. The van der Waals surface area contributed by atoms with Gasteiger partial charge >= 0.3 is 11.9 Å². The van der Waals surface area contributed by atoms with Crippen molar-refractivity contribution in [2.24, 2.45) is 5.92 Å². The molecule has 0 heterocycles. The van der Waals surface area contributed by atoms with Crippen molar-refractivity contribution in [3.63, 3.8) is 0 Å². The van der Waals surface area contributed by atoms with Crippen LogP contribution in [0.1, 0.15) is 163 Å². The van der Waals surface area contributed by atoms with Crippen LogP contribution in [0.3, 0.4) is 0 Å². The van der Waals surface area contributed by atoms with Crippen LogP contribution in [-0.2, 0) is 19.1 Å². The minimum absolute atomic E-state index is 0.0386. The van der Waals surface area contributed by atoms with Crippen LogP contribution >= 0.6 is 0 Å². The summed E-state index contributed by atoms with van der Waals surface area (Å²) in [6, 6.07) is 0. The van der Waals surface area contributed by atoms with Gasteiger partial charge in [-0.25, -0.2) is 0 Å². The Kier molecular flexibility index (Phi) is 24.3. The van der Waals surface area contributed by atoms with E-state index in [1.807, 2.05) is 6.92 Å². The monoisotopic (exact) mass is 482 g/mol. The maximum absolute atomic E-state index is 11.9. The third-order valence-corrected chi connectivity index (χ3v) is 6.50. The molecule has 0 aromatic heterocycles. The number of esters is 2. The van der Waals surface area contributed by atoms with Crippen LogP contribution < -0.4 is 0 Å². The van der Waals surface area contributed by atoms with Crippen LogP contribution in [-0.4, -0.2) is 24.6 Å². The zero-order valence-corrected chi connectivity index (χ0v) is 23.3. The Morgan fingerprint density at radius 3 is 1.53 bits per heavy atom. The van der Waals surface area contributed by atoms with Gasteiger partial charge in [-0.05, 0) is 38.5 Å². The van der Waals surface area contributed by atoms with Gasteiger partial charge in [-0.1, -0.05) is 117 Å². The summed E-state index contributed by atoms with van der Waals surface area (Å²) < 4.78 is 10.7. The summed E-state index contributed by atoms with van der Waals surface area (Å²) in [5.74, 6) is 0.290. The van der Waals surface area contributed by atoms with Gasteiger partial charge in [0.05, 0.1) is 12.7 Å². The Labute approximate surface area is 212 Å². The van der Waals surface area contributed by atoms with Gasteiger partial charge < -0.3 is 9.47 Å². The first-order valence-electron chi connectivity index (χ1n) is 14.8. The van der Waals surface area contributed by atoms with Crippen molar-refractivity contribution >= 4 is 11.9 Å². The molecule has 4 heteroatoms. The van der Waals surface area contributed by atoms with Crippen molar-refractivity contribution < 1.29 is 19.1 Å². The lowest BCUT2D eigenvalue weighted by molar-refractivity contribution is -0.149. The molecule has 1 unspecified atom stereocenters. The molecule has 0 N–H and O–H groups in total. The van der Waals surface area contributed by atoms with Crippen LogP contribution in [0.2, 0.25) is 0 Å². The Morgan fingerprint density at radius 2 is 1.03 bits per heavy atom. The smallest absolute Gasteiger partial charge is 0.306 e. The van der Waals surface area contributed by atoms with E-state index in [0.717, 1.165) is 32.1 Å². The summed E-state index contributed by atoms with van der Waals surface area (Å²) in [4.78, 5) is 23.7. The minimum atomic E-state index is -0.202. The number of unbranched alkanes of at least 4 members (excludes halogenated alkanes) is 14. The molecule has 0 radical (unpaired) electrons. The van der Waals surface area contributed by atoms with Crippen LogP contribution in [0.25, 0.3) is 0 Å². The first kappa shape index (κ1) is 32.9. The molecular weight excluding hydrogens is 424 g/mol. The average molecular weight is 483 g/mol. The molecule has 0 saturated heterocycles. The van der Waals surface area contributed by atoms with Gasteiger partial charge in [0.15, 0.2) is 0 Å². The van der Waals surface area contributed by atoms with E-state index < -0.39 is 0 Å². The summed E-state index contributed by atoms with van der Waals surface area (Å²) in [6.07, 6.45) is 24.2. The molecule has 0 aliphatic carbocycles. The van der Waals surface area contributed by atoms with Crippen molar-refractivity contribution in [1.82, 2.24) is 0 Å². The average Bonchev–Trinajstić information content (AvgIpc) is 2.78. The molecule has 0 aliphatic heterocycles. The molecule has 0 rings (SSSR count). The minimum Gasteiger partial charge on any atom is -0.466 e. The summed E-state index contributed by atoms with van der Waals surface area (Å²) in [5.41, 5.74) is 0. The van der Waals surface area contributed by atoms with Gasteiger partial charge in [0.1, 0.15) is 0 Å². The molecule has 1 atom stereocenters. The van der Waals surface area contributed by atoms with E-state index in [2.05, 4.69) is 20.8 Å². The van der Waals surface area contributed by atoms with E-state index in [9.17, 15) is 9.59 Å². The fraction of sp³-hybridized carbons (Fsp3) is 0.933. The molecule has 0 bridgehead atoms. The van der Waals surface area contributed by atoms with Gasteiger partial charge in [0.2, 0.25) is 0 Å². The number of hydrogen-bond donors (Lipinski definition) is 0. The molecule has 0 fully saturated rings. The molecule has 0 amide bonds. The van der Waals surface area contributed by atoms with Gasteiger partial charge in [0.25, 0.3) is 0 Å². The normalized spacial score (nSPS) is 12.1. The number of ether oxygens (including phenoxy) is 2. The van der Waals surface area contributed by atoms with Crippen molar-refractivity contribution in [3.05, 3.63) is 0 Å². The zero-order valence-electron chi connectivity index (χ0n) is 23.3. The van der Waals surface area contributed by atoms with Crippen LogP contribution in [0.5, 0.6) is 0 Å². The molecule has 0 aromatic carbocycles. The summed E-state index contributed by atoms with van der Waals surface area (Å²) in [6.45, 7) is 9.14. The van der Waals surface area contributed by atoms with Crippen molar-refractivity contribution in [2.75, 3.05) is 6.61 Å². The Hall–Kier alpha value is -1.06. The molecule has 0 aromatic rings. The van der Waals surface area contributed by atoms with E-state index in [4.69, 9.17) is 9.47 Å². The van der Waals surface area contributed by atoms with Gasteiger partial charge in [0, 0.05) is 12.8 Å². The first-order valence-corrected chi connectivity index (χ1v) is 14.8. The highest BCUT2D eigenvalue weighted by Gasteiger charge is 2.11. The third-order valence-electron chi connectivity index (χ3n) is 6.50. The number of rotatable bonds is 25. The standard InChI is InChI=1S/C30H58O4/c1-5-6-7-8-9-10-11-12-13-14-15-16-17-18-19-26-33-29(31)24-21-25-30(32)34-28(4)23-20-22-27(2)3/h27-28H,5-26H2,1-4H3. The molecule has 4 nitrogen and oxygen atoms in total. The van der Waals surface area contributed by atoms with E-state index >= 15 is 0 Å². The van der Waals surface area contributed by atoms with Crippen LogP contribution in [0.4, 0.5) is 0 Å². The summed E-state index contributed by atoms with van der Waals surface area (Å²) >= 11 is 0. The number of hydrogen-bond acceptors (Lipinski definition) is 4. The maximum Gasteiger partial charge on any atom is 0.306 e. The fourth-order valence-corrected chi connectivity index (χ4v) is 4.26. The predicted molar refractivity (Wildman–Crippen MR) is 144 cm³/mol. The van der Waals surface area contributed by atoms with E-state index in [1.165, 1.54) is 83.5 Å². The molecule has 202 valence electrons. The molecule has 0 saturated carbocycles. The van der Waals surface area contributed by atoms with E-state index in [1.54, 1.807) is 0 Å². The van der Waals surface area contributed by atoms with E-state index in [-0.39, 0.29) is 18.0 Å². The molecule has 34 heavy (non-hydrogen) atoms. The number of carbonyl (C=O) groups is 2. The van der Waals surface area contributed by atoms with Crippen LogP contribution in [0, 0.1) is 5.92 Å². The van der Waals surface area contributed by atoms with E-state index in [0.29, 0.717) is 31.8 Å². The lowest BCUT2D eigenvalue weighted by Crippen LogP contribution is -2.15. The van der Waals surface area contributed by atoms with Gasteiger partial charge in [-0.3, -0.25) is 9.59 Å². The number of carbonyl (C=O) groups excluding carboxylic acids is 2. The highest BCUT2D eigenvalue weighted by Crippen LogP contribution is 2.14. The van der Waals surface area contributed by atoms with Gasteiger partial charge in [-0.2, -0.15) is 0 Å². The zero-order chi connectivity index (χ0) is 25.3. The highest BCUT2D eigenvalue weighted by atomic mass is 16.5. The Balaban J connectivity index is 3.35. The summed E-state index contributed by atoms with van der Waals surface area (Å²) in [7, 11) is 0. The van der Waals surface area contributed by atoms with Gasteiger partial charge in [-0.15, -0.1) is 0 Å². The SMILES string of the molecule is CCCCCCCCCCCCCCCCCOC(=O)CCCC(=O)OC(C)CCCC(C)C. The second-order valence-electron chi connectivity index (χ2n) is 10.6. The lowest BCUT2D eigenvalue weighted by Gasteiger charge is -2.13. The third kappa shape index (κ3) is 25.6. The summed E-state index contributed by atoms with van der Waals surface area (Å²) in [5, 5.41) is 0. The first-order chi connectivity index (χ1) is 16.5. The van der Waals surface area contributed by atoms with Crippen molar-refractivity contribution in [2.45, 2.75) is 169 Å². The largest absolute Gasteiger partial charge is 0.466 e. The van der Waals surface area contributed by atoms with Crippen LogP contribution in [0.15, 0.2) is 0 Å². The highest BCUT2D eigenvalue weighted by molar-refractivity contribution is 5.72. The maximum atomic E-state index is 11.9. The topological polar surface area (TPSA) is 52.6 Å². The second kappa shape index (κ2) is 25.0. The molecular formula is C30H58O4.